The average molecular weight is 272 g/mol. The molecule has 2 aromatic heterocycles. The van der Waals surface area contributed by atoms with E-state index in [1.54, 1.807) is 6.20 Å². The van der Waals surface area contributed by atoms with Crippen molar-refractivity contribution in [2.45, 2.75) is 40.2 Å². The zero-order chi connectivity index (χ0) is 14.7. The van der Waals surface area contributed by atoms with E-state index in [0.29, 0.717) is 12.4 Å². The number of nitrogens with one attached hydrogen (secondary N) is 1. The Morgan fingerprint density at radius 2 is 1.95 bits per heavy atom. The molecule has 0 aliphatic carbocycles. The fourth-order valence-electron chi connectivity index (χ4n) is 1.76. The number of aryl methyl sites for hydroxylation is 1. The lowest BCUT2D eigenvalue weighted by Gasteiger charge is -2.13. The van der Waals surface area contributed by atoms with Crippen molar-refractivity contribution < 1.29 is 0 Å². The maximum absolute atomic E-state index is 5.94. The zero-order valence-electron chi connectivity index (χ0n) is 12.3. The fraction of sp³-hybridized carbons (Fsp3) is 0.429. The van der Waals surface area contributed by atoms with Crippen molar-refractivity contribution in [3.8, 4) is 0 Å². The first-order chi connectivity index (χ1) is 9.47. The Kier molecular flexibility index (Phi) is 4.12. The molecule has 6 heteroatoms. The molecule has 0 aliphatic heterocycles. The maximum Gasteiger partial charge on any atom is 0.135 e. The largest absolute Gasteiger partial charge is 0.383 e. The number of nitrogens with zero attached hydrogens (tertiary/aromatic N) is 4. The van der Waals surface area contributed by atoms with Crippen molar-refractivity contribution in [3.05, 3.63) is 35.2 Å². The highest BCUT2D eigenvalue weighted by Crippen LogP contribution is 2.21. The van der Waals surface area contributed by atoms with Gasteiger partial charge < -0.3 is 11.1 Å². The third kappa shape index (κ3) is 3.20. The monoisotopic (exact) mass is 272 g/mol. The van der Waals surface area contributed by atoms with Crippen LogP contribution in [0.15, 0.2) is 12.3 Å². The van der Waals surface area contributed by atoms with Crippen molar-refractivity contribution in [1.82, 2.24) is 19.9 Å². The van der Waals surface area contributed by atoms with E-state index < -0.39 is 0 Å². The molecule has 2 heterocycles. The molecule has 0 aliphatic rings. The highest BCUT2D eigenvalue weighted by molar-refractivity contribution is 5.55. The Morgan fingerprint density at radius 3 is 2.60 bits per heavy atom. The van der Waals surface area contributed by atoms with E-state index in [0.717, 1.165) is 28.7 Å². The van der Waals surface area contributed by atoms with Crippen LogP contribution in [0, 0.1) is 13.8 Å². The van der Waals surface area contributed by atoms with Gasteiger partial charge in [-0.2, -0.15) is 0 Å². The van der Waals surface area contributed by atoms with Crippen molar-refractivity contribution in [2.24, 2.45) is 0 Å². The van der Waals surface area contributed by atoms with Gasteiger partial charge in [-0.3, -0.25) is 0 Å². The second-order valence-corrected chi connectivity index (χ2v) is 5.04. The number of hydrogen-bond donors (Lipinski definition) is 2. The molecular formula is C14H20N6. The summed E-state index contributed by atoms with van der Waals surface area (Å²) in [5, 5.41) is 3.27. The number of aromatic nitrogens is 4. The van der Waals surface area contributed by atoms with Crippen LogP contribution in [0.1, 0.15) is 42.7 Å². The van der Waals surface area contributed by atoms with E-state index in [4.69, 9.17) is 5.73 Å². The SMILES string of the molecule is Cc1nccc(CNc2nc(C(C)C)nc(N)c2C)n1. The number of hydrogen-bond acceptors (Lipinski definition) is 6. The van der Waals surface area contributed by atoms with E-state index in [2.05, 4.69) is 25.3 Å². The molecule has 0 saturated carbocycles. The normalized spacial score (nSPS) is 10.8. The molecule has 0 fully saturated rings. The Hall–Kier alpha value is -2.24. The summed E-state index contributed by atoms with van der Waals surface area (Å²) in [6, 6.07) is 1.88. The van der Waals surface area contributed by atoms with E-state index in [1.807, 2.05) is 33.8 Å². The molecule has 20 heavy (non-hydrogen) atoms. The summed E-state index contributed by atoms with van der Waals surface area (Å²) < 4.78 is 0. The molecule has 0 amide bonds. The molecule has 2 rings (SSSR count). The van der Waals surface area contributed by atoms with Crippen LogP contribution < -0.4 is 11.1 Å². The maximum atomic E-state index is 5.94. The summed E-state index contributed by atoms with van der Waals surface area (Å²) in [6.45, 7) is 8.45. The summed E-state index contributed by atoms with van der Waals surface area (Å²) in [5.74, 6) is 3.02. The van der Waals surface area contributed by atoms with Gasteiger partial charge in [0.1, 0.15) is 23.3 Å². The van der Waals surface area contributed by atoms with Crippen molar-refractivity contribution in [3.63, 3.8) is 0 Å². The molecule has 0 spiro atoms. The molecule has 106 valence electrons. The Labute approximate surface area is 118 Å². The van der Waals surface area contributed by atoms with Crippen molar-refractivity contribution in [2.75, 3.05) is 11.1 Å². The first-order valence-electron chi connectivity index (χ1n) is 6.63. The molecule has 3 N–H and O–H groups in total. The molecule has 2 aromatic rings. The average Bonchev–Trinajstić information content (AvgIpc) is 2.40. The van der Waals surface area contributed by atoms with Crippen LogP contribution in [0.2, 0.25) is 0 Å². The molecular weight excluding hydrogens is 252 g/mol. The lowest BCUT2D eigenvalue weighted by Crippen LogP contribution is -2.11. The minimum Gasteiger partial charge on any atom is -0.383 e. The van der Waals surface area contributed by atoms with Gasteiger partial charge >= 0.3 is 0 Å². The van der Waals surface area contributed by atoms with Gasteiger partial charge in [-0.15, -0.1) is 0 Å². The summed E-state index contributed by atoms with van der Waals surface area (Å²) >= 11 is 0. The van der Waals surface area contributed by atoms with Crippen molar-refractivity contribution in [1.29, 1.82) is 0 Å². The standard InChI is InChI=1S/C14H20N6/c1-8(2)13-19-12(15)9(3)14(20-13)17-7-11-5-6-16-10(4)18-11/h5-6,8H,7H2,1-4H3,(H3,15,17,19,20). The van der Waals surface area contributed by atoms with Crippen LogP contribution in [-0.4, -0.2) is 19.9 Å². The van der Waals surface area contributed by atoms with Crippen LogP contribution in [0.25, 0.3) is 0 Å². The molecule has 6 nitrogen and oxygen atoms in total. The quantitative estimate of drug-likeness (QED) is 0.886. The lowest BCUT2D eigenvalue weighted by molar-refractivity contribution is 0.773. The van der Waals surface area contributed by atoms with E-state index in [9.17, 15) is 0 Å². The zero-order valence-corrected chi connectivity index (χ0v) is 12.3. The van der Waals surface area contributed by atoms with Gasteiger partial charge in [0.2, 0.25) is 0 Å². The predicted octanol–water partition coefficient (Wildman–Crippen LogP) is 2.20. The first kappa shape index (κ1) is 14.2. The summed E-state index contributed by atoms with van der Waals surface area (Å²) in [4.78, 5) is 17.3. The third-order valence-electron chi connectivity index (χ3n) is 2.99. The van der Waals surface area contributed by atoms with Crippen LogP contribution in [0.5, 0.6) is 0 Å². The highest BCUT2D eigenvalue weighted by Gasteiger charge is 2.11. The van der Waals surface area contributed by atoms with Crippen LogP contribution in [0.3, 0.4) is 0 Å². The summed E-state index contributed by atoms with van der Waals surface area (Å²) in [5.41, 5.74) is 7.71. The fourth-order valence-corrected chi connectivity index (χ4v) is 1.76. The number of nitrogens with two attached hydrogens (primary N) is 1. The van der Waals surface area contributed by atoms with Crippen LogP contribution in [0.4, 0.5) is 11.6 Å². The second-order valence-electron chi connectivity index (χ2n) is 5.04. The second kappa shape index (κ2) is 5.81. The minimum atomic E-state index is 0.236. The van der Waals surface area contributed by atoms with E-state index in [-0.39, 0.29) is 5.92 Å². The van der Waals surface area contributed by atoms with Crippen LogP contribution in [-0.2, 0) is 6.54 Å². The van der Waals surface area contributed by atoms with Gasteiger partial charge in [-0.25, -0.2) is 19.9 Å². The summed E-state index contributed by atoms with van der Waals surface area (Å²) in [6.07, 6.45) is 1.75. The number of rotatable bonds is 4. The van der Waals surface area contributed by atoms with Gasteiger partial charge in [-0.05, 0) is 19.9 Å². The van der Waals surface area contributed by atoms with Gasteiger partial charge in [-0.1, -0.05) is 13.8 Å². The summed E-state index contributed by atoms with van der Waals surface area (Å²) in [7, 11) is 0. The number of nitrogen functional groups attached to an aromatic ring is 1. The predicted molar refractivity (Wildman–Crippen MR) is 79.4 cm³/mol. The molecule has 0 aromatic carbocycles. The van der Waals surface area contributed by atoms with E-state index in [1.165, 1.54) is 0 Å². The highest BCUT2D eigenvalue weighted by atomic mass is 15.1. The van der Waals surface area contributed by atoms with Crippen LogP contribution >= 0.6 is 0 Å². The lowest BCUT2D eigenvalue weighted by atomic mass is 10.2. The molecule has 0 bridgehead atoms. The molecule has 0 atom stereocenters. The number of anilines is 2. The Balaban J connectivity index is 2.20. The molecule has 0 unspecified atom stereocenters. The molecule has 0 radical (unpaired) electrons. The van der Waals surface area contributed by atoms with E-state index >= 15 is 0 Å². The molecule has 0 saturated heterocycles. The van der Waals surface area contributed by atoms with Gasteiger partial charge in [0, 0.05) is 17.7 Å². The van der Waals surface area contributed by atoms with Gasteiger partial charge in [0.25, 0.3) is 0 Å². The minimum absolute atomic E-state index is 0.236. The Morgan fingerprint density at radius 1 is 1.20 bits per heavy atom. The Bertz CT molecular complexity index is 609. The van der Waals surface area contributed by atoms with Gasteiger partial charge in [0.15, 0.2) is 0 Å². The third-order valence-corrected chi connectivity index (χ3v) is 2.99. The van der Waals surface area contributed by atoms with Gasteiger partial charge in [0.05, 0.1) is 12.2 Å². The first-order valence-corrected chi connectivity index (χ1v) is 6.63. The van der Waals surface area contributed by atoms with Crippen molar-refractivity contribution >= 4 is 11.6 Å². The topological polar surface area (TPSA) is 89.6 Å². The smallest absolute Gasteiger partial charge is 0.135 e.